The van der Waals surface area contributed by atoms with Crippen LogP contribution in [-0.4, -0.2) is 69.5 Å². The Labute approximate surface area is 216 Å². The zero-order valence-corrected chi connectivity index (χ0v) is 21.5. The van der Waals surface area contributed by atoms with Gasteiger partial charge in [-0.3, -0.25) is 14.9 Å². The first kappa shape index (κ1) is 27.2. The molecule has 2 aromatic carbocycles. The second-order valence-corrected chi connectivity index (χ2v) is 9.88. The summed E-state index contributed by atoms with van der Waals surface area (Å²) >= 11 is 1.70. The molecule has 4 rings (SSSR count). The van der Waals surface area contributed by atoms with E-state index in [0.717, 1.165) is 23.3 Å². The molecule has 0 aliphatic carbocycles. The number of benzene rings is 2. The number of nitrogens with one attached hydrogen (secondary N) is 1. The number of piperidine rings is 1. The Balaban J connectivity index is 0.000000338. The lowest BCUT2D eigenvalue weighted by atomic mass is 9.95. The maximum atomic E-state index is 13.1. The molecule has 2 amide bonds. The van der Waals surface area contributed by atoms with Gasteiger partial charge in [-0.05, 0) is 37.0 Å². The molecule has 1 atom stereocenters. The van der Waals surface area contributed by atoms with Crippen molar-refractivity contribution in [3.8, 4) is 6.07 Å². The molecule has 2 heterocycles. The summed E-state index contributed by atoms with van der Waals surface area (Å²) in [7, 11) is 0. The molecule has 1 unspecified atom stereocenters. The third-order valence-corrected chi connectivity index (χ3v) is 7.29. The van der Waals surface area contributed by atoms with Crippen LogP contribution >= 0.6 is 11.8 Å². The smallest absolute Gasteiger partial charge is 0.407 e. The molecule has 2 aliphatic heterocycles. The number of carbonyl (C=O) groups excluding carboxylic acids is 2. The molecule has 1 spiro atoms. The number of nitrogens with zero attached hydrogens (tertiary/aromatic N) is 3. The Morgan fingerprint density at radius 2 is 1.78 bits per heavy atom. The normalized spacial score (nSPS) is 18.4. The fraction of sp³-hybridized carbons (Fsp3) is 0.407. The van der Waals surface area contributed by atoms with E-state index in [2.05, 4.69) is 11.4 Å². The molecule has 2 aromatic rings. The van der Waals surface area contributed by atoms with Crippen molar-refractivity contribution in [2.45, 2.75) is 44.4 Å². The minimum atomic E-state index is -0.922. The molecule has 190 valence electrons. The largest absolute Gasteiger partial charge is 0.465 e. The number of carbonyl (C=O) groups is 3. The number of Topliss-reactive ketones (excluding diaryl/α,β-unsaturated/α-hetero) is 1. The van der Waals surface area contributed by atoms with Gasteiger partial charge in [0.05, 0.1) is 23.3 Å². The zero-order valence-electron chi connectivity index (χ0n) is 20.6. The summed E-state index contributed by atoms with van der Waals surface area (Å²) in [5, 5.41) is 22.1. The van der Waals surface area contributed by atoms with Crippen LogP contribution in [0.15, 0.2) is 54.6 Å². The Bertz CT molecular complexity index is 1110. The third kappa shape index (κ3) is 6.45. The van der Waals surface area contributed by atoms with E-state index in [0.29, 0.717) is 38.0 Å². The monoisotopic (exact) mass is 508 g/mol. The van der Waals surface area contributed by atoms with Crippen molar-refractivity contribution in [3.05, 3.63) is 71.3 Å². The predicted octanol–water partition coefficient (Wildman–Crippen LogP) is 3.97. The number of hydrogen-bond acceptors (Lipinski definition) is 6. The quantitative estimate of drug-likeness (QED) is 0.568. The number of ketones is 1. The summed E-state index contributed by atoms with van der Waals surface area (Å²) in [5.41, 5.74) is 1.61. The molecular formula is C27H32N4O4S. The van der Waals surface area contributed by atoms with E-state index in [-0.39, 0.29) is 17.7 Å². The molecule has 0 bridgehead atoms. The summed E-state index contributed by atoms with van der Waals surface area (Å²) in [6.45, 7) is 2.70. The standard InChI is InChI=1S/C19H24N4O3S.C8H8O/c1-27-11-6-16-17(24)23(13-15-5-3-2-4-14(15)12-20)19(21-16)7-9-22(10-8-19)18(25)26;1-7(9)8-5-3-2-4-6-8/h2-5,16,21H,6-11,13H2,1H3,(H,25,26);2-6H,1H3. The second-order valence-electron chi connectivity index (χ2n) is 8.90. The number of rotatable bonds is 6. The number of likely N-dealkylation sites (tertiary alicyclic amines) is 1. The summed E-state index contributed by atoms with van der Waals surface area (Å²) in [5.74, 6) is 1.04. The highest BCUT2D eigenvalue weighted by atomic mass is 32.2. The maximum absolute atomic E-state index is 13.1. The molecule has 8 nitrogen and oxygen atoms in total. The number of nitriles is 1. The van der Waals surface area contributed by atoms with Crippen LogP contribution in [0.5, 0.6) is 0 Å². The molecule has 2 N–H and O–H groups in total. The average Bonchev–Trinajstić information content (AvgIpc) is 3.14. The molecule has 0 saturated carbocycles. The van der Waals surface area contributed by atoms with Crippen LogP contribution in [-0.2, 0) is 11.3 Å². The molecule has 2 aliphatic rings. The van der Waals surface area contributed by atoms with E-state index >= 15 is 0 Å². The number of amides is 2. The van der Waals surface area contributed by atoms with E-state index < -0.39 is 11.8 Å². The first-order valence-electron chi connectivity index (χ1n) is 11.9. The van der Waals surface area contributed by atoms with Crippen molar-refractivity contribution < 1.29 is 19.5 Å². The topological polar surface area (TPSA) is 114 Å². The van der Waals surface area contributed by atoms with Crippen LogP contribution in [0.2, 0.25) is 0 Å². The first-order chi connectivity index (χ1) is 17.3. The highest BCUT2D eigenvalue weighted by molar-refractivity contribution is 7.98. The van der Waals surface area contributed by atoms with Gasteiger partial charge >= 0.3 is 6.09 Å². The molecule has 0 radical (unpaired) electrons. The van der Waals surface area contributed by atoms with Crippen molar-refractivity contribution >= 4 is 29.5 Å². The minimum absolute atomic E-state index is 0.0422. The van der Waals surface area contributed by atoms with Gasteiger partial charge in [0.2, 0.25) is 5.91 Å². The van der Waals surface area contributed by atoms with Crippen LogP contribution in [0.3, 0.4) is 0 Å². The molecule has 36 heavy (non-hydrogen) atoms. The molecule has 2 fully saturated rings. The van der Waals surface area contributed by atoms with Crippen LogP contribution in [0.25, 0.3) is 0 Å². The van der Waals surface area contributed by atoms with Gasteiger partial charge in [-0.1, -0.05) is 48.5 Å². The van der Waals surface area contributed by atoms with Gasteiger partial charge in [0.25, 0.3) is 0 Å². The van der Waals surface area contributed by atoms with Crippen molar-refractivity contribution in [1.82, 2.24) is 15.1 Å². The highest BCUT2D eigenvalue weighted by Gasteiger charge is 2.51. The predicted molar refractivity (Wildman–Crippen MR) is 140 cm³/mol. The lowest BCUT2D eigenvalue weighted by molar-refractivity contribution is -0.134. The van der Waals surface area contributed by atoms with Crippen molar-refractivity contribution in [2.75, 3.05) is 25.1 Å². The lowest BCUT2D eigenvalue weighted by Crippen LogP contribution is -2.59. The summed E-state index contributed by atoms with van der Waals surface area (Å²) in [6.07, 6.45) is 2.93. The Morgan fingerprint density at radius 1 is 1.14 bits per heavy atom. The van der Waals surface area contributed by atoms with E-state index in [1.54, 1.807) is 24.8 Å². The lowest BCUT2D eigenvalue weighted by Gasteiger charge is -2.44. The molecular weight excluding hydrogens is 476 g/mol. The molecule has 2 saturated heterocycles. The van der Waals surface area contributed by atoms with Crippen LogP contribution in [0.1, 0.15) is 47.7 Å². The summed E-state index contributed by atoms with van der Waals surface area (Å²) in [4.78, 5) is 38.3. The Hall–Kier alpha value is -3.35. The molecule has 0 aromatic heterocycles. The first-order valence-corrected chi connectivity index (χ1v) is 13.3. The summed E-state index contributed by atoms with van der Waals surface area (Å²) in [6, 6.07) is 18.5. The highest BCUT2D eigenvalue weighted by Crippen LogP contribution is 2.35. The maximum Gasteiger partial charge on any atom is 0.407 e. The number of carboxylic acid groups (broad SMARTS) is 1. The van der Waals surface area contributed by atoms with E-state index in [1.807, 2.05) is 59.7 Å². The molecule has 9 heteroatoms. The average molecular weight is 509 g/mol. The van der Waals surface area contributed by atoms with Crippen molar-refractivity contribution in [3.63, 3.8) is 0 Å². The van der Waals surface area contributed by atoms with Gasteiger partial charge in [0.1, 0.15) is 0 Å². The van der Waals surface area contributed by atoms with Gasteiger partial charge < -0.3 is 14.9 Å². The number of thioether (sulfide) groups is 1. The van der Waals surface area contributed by atoms with Crippen LogP contribution < -0.4 is 5.32 Å². The number of hydrogen-bond donors (Lipinski definition) is 2. The zero-order chi connectivity index (χ0) is 26.1. The van der Waals surface area contributed by atoms with Gasteiger partial charge in [-0.15, -0.1) is 0 Å². The second kappa shape index (κ2) is 12.6. The van der Waals surface area contributed by atoms with E-state index in [1.165, 1.54) is 4.90 Å². The summed E-state index contributed by atoms with van der Waals surface area (Å²) < 4.78 is 0. The SMILES string of the molecule is CC(=O)c1ccccc1.CSCCC1NC2(CCN(C(=O)O)CC2)N(Cc2ccccc2C#N)C1=O. The van der Waals surface area contributed by atoms with Gasteiger partial charge in [-0.2, -0.15) is 17.0 Å². The minimum Gasteiger partial charge on any atom is -0.465 e. The van der Waals surface area contributed by atoms with Crippen molar-refractivity contribution in [2.24, 2.45) is 0 Å². The van der Waals surface area contributed by atoms with Crippen molar-refractivity contribution in [1.29, 1.82) is 5.26 Å². The van der Waals surface area contributed by atoms with Gasteiger partial charge in [0, 0.05) is 38.0 Å². The van der Waals surface area contributed by atoms with Crippen LogP contribution in [0.4, 0.5) is 4.79 Å². The van der Waals surface area contributed by atoms with E-state index in [9.17, 15) is 24.8 Å². The fourth-order valence-corrected chi connectivity index (χ4v) is 5.09. The Morgan fingerprint density at radius 3 is 2.33 bits per heavy atom. The fourth-order valence-electron chi connectivity index (χ4n) is 4.62. The Kier molecular flexibility index (Phi) is 9.51. The van der Waals surface area contributed by atoms with E-state index in [4.69, 9.17) is 0 Å². The van der Waals surface area contributed by atoms with Gasteiger partial charge in [-0.25, -0.2) is 4.79 Å². The van der Waals surface area contributed by atoms with Crippen LogP contribution in [0, 0.1) is 11.3 Å². The van der Waals surface area contributed by atoms with Gasteiger partial charge in [0.15, 0.2) is 5.78 Å². The third-order valence-electron chi connectivity index (χ3n) is 6.64.